The zero-order valence-corrected chi connectivity index (χ0v) is 9.09. The van der Waals surface area contributed by atoms with E-state index in [1.807, 2.05) is 7.05 Å². The van der Waals surface area contributed by atoms with Crippen LogP contribution in [0.3, 0.4) is 0 Å². The molecule has 1 rings (SSSR count). The fraction of sp³-hybridized carbons (Fsp3) is 0.385. The molecule has 0 aromatic heterocycles. The maximum atomic E-state index is 3.13. The van der Waals surface area contributed by atoms with E-state index in [1.54, 1.807) is 0 Å². The SMILES string of the molecule is CNCCC=CCc1ccccc1C. The number of allylic oxidation sites excluding steroid dienone is 1. The highest BCUT2D eigenvalue weighted by Gasteiger charge is 1.92. The Hall–Kier alpha value is -1.08. The van der Waals surface area contributed by atoms with Gasteiger partial charge in [-0.1, -0.05) is 36.4 Å². The lowest BCUT2D eigenvalue weighted by atomic mass is 10.1. The van der Waals surface area contributed by atoms with E-state index in [4.69, 9.17) is 0 Å². The van der Waals surface area contributed by atoms with Crippen molar-refractivity contribution in [2.75, 3.05) is 13.6 Å². The third kappa shape index (κ3) is 3.75. The van der Waals surface area contributed by atoms with Gasteiger partial charge in [-0.3, -0.25) is 0 Å². The van der Waals surface area contributed by atoms with Gasteiger partial charge in [-0.15, -0.1) is 0 Å². The zero-order valence-electron chi connectivity index (χ0n) is 9.09. The summed E-state index contributed by atoms with van der Waals surface area (Å²) in [7, 11) is 1.98. The van der Waals surface area contributed by atoms with Gasteiger partial charge in [0.05, 0.1) is 0 Å². The average molecular weight is 189 g/mol. The molecule has 1 heteroatoms. The van der Waals surface area contributed by atoms with Crippen LogP contribution in [0.25, 0.3) is 0 Å². The molecular formula is C13H19N. The number of hydrogen-bond acceptors (Lipinski definition) is 1. The second-order valence-corrected chi connectivity index (χ2v) is 3.49. The highest BCUT2D eigenvalue weighted by molar-refractivity contribution is 5.27. The van der Waals surface area contributed by atoms with Gasteiger partial charge in [0.1, 0.15) is 0 Å². The summed E-state index contributed by atoms with van der Waals surface area (Å²) in [5.41, 5.74) is 2.80. The second-order valence-electron chi connectivity index (χ2n) is 3.49. The molecule has 76 valence electrons. The number of aryl methyl sites for hydroxylation is 1. The molecule has 1 aromatic rings. The highest BCUT2D eigenvalue weighted by Crippen LogP contribution is 2.07. The summed E-state index contributed by atoms with van der Waals surface area (Å²) in [6.07, 6.45) is 6.65. The molecule has 0 heterocycles. The van der Waals surface area contributed by atoms with Gasteiger partial charge in [-0.25, -0.2) is 0 Å². The standard InChI is InChI=1S/C13H19N/c1-12-8-5-6-10-13(12)9-4-3-7-11-14-2/h3-6,8,10,14H,7,9,11H2,1-2H3. The van der Waals surface area contributed by atoms with Crippen molar-refractivity contribution in [2.45, 2.75) is 19.8 Å². The van der Waals surface area contributed by atoms with Crippen molar-refractivity contribution in [1.29, 1.82) is 0 Å². The van der Waals surface area contributed by atoms with Crippen molar-refractivity contribution in [3.05, 3.63) is 47.5 Å². The second kappa shape index (κ2) is 6.39. The molecule has 0 saturated heterocycles. The van der Waals surface area contributed by atoms with Crippen LogP contribution in [-0.4, -0.2) is 13.6 Å². The molecule has 0 spiro atoms. The summed E-state index contributed by atoms with van der Waals surface area (Å²) in [5, 5.41) is 3.13. The van der Waals surface area contributed by atoms with E-state index in [0.717, 1.165) is 19.4 Å². The Bertz CT molecular complexity index is 289. The Balaban J connectivity index is 2.38. The van der Waals surface area contributed by atoms with Crippen LogP contribution < -0.4 is 5.32 Å². The van der Waals surface area contributed by atoms with E-state index in [9.17, 15) is 0 Å². The topological polar surface area (TPSA) is 12.0 Å². The molecule has 0 saturated carbocycles. The van der Waals surface area contributed by atoms with Crippen molar-refractivity contribution >= 4 is 0 Å². The minimum atomic E-state index is 1.05. The van der Waals surface area contributed by atoms with E-state index in [-0.39, 0.29) is 0 Å². The largest absolute Gasteiger partial charge is 0.319 e. The smallest absolute Gasteiger partial charge is 0.00173 e. The molecule has 14 heavy (non-hydrogen) atoms. The molecule has 1 nitrogen and oxygen atoms in total. The third-order valence-electron chi connectivity index (χ3n) is 2.33. The van der Waals surface area contributed by atoms with Gasteiger partial charge in [0.15, 0.2) is 0 Å². The van der Waals surface area contributed by atoms with Crippen LogP contribution in [0.2, 0.25) is 0 Å². The molecule has 0 bridgehead atoms. The lowest BCUT2D eigenvalue weighted by Crippen LogP contribution is -2.05. The molecule has 0 amide bonds. The monoisotopic (exact) mass is 189 g/mol. The zero-order chi connectivity index (χ0) is 10.2. The van der Waals surface area contributed by atoms with Crippen LogP contribution in [-0.2, 0) is 6.42 Å². The minimum absolute atomic E-state index is 1.05. The van der Waals surface area contributed by atoms with Crippen LogP contribution in [0.5, 0.6) is 0 Å². The number of benzene rings is 1. The molecule has 0 unspecified atom stereocenters. The van der Waals surface area contributed by atoms with Gasteiger partial charge in [-0.2, -0.15) is 0 Å². The van der Waals surface area contributed by atoms with Crippen LogP contribution in [0, 0.1) is 6.92 Å². The number of hydrogen-bond donors (Lipinski definition) is 1. The summed E-state index contributed by atoms with van der Waals surface area (Å²) in [6, 6.07) is 8.54. The van der Waals surface area contributed by atoms with Crippen LogP contribution in [0.1, 0.15) is 17.5 Å². The molecule has 0 aliphatic carbocycles. The predicted octanol–water partition coefficient (Wildman–Crippen LogP) is 2.70. The first-order valence-corrected chi connectivity index (χ1v) is 5.18. The normalized spacial score (nSPS) is 11.0. The first-order chi connectivity index (χ1) is 6.84. The summed E-state index contributed by atoms with van der Waals surface area (Å²) in [5.74, 6) is 0. The molecule has 1 aromatic carbocycles. The fourth-order valence-electron chi connectivity index (χ4n) is 1.39. The lowest BCUT2D eigenvalue weighted by molar-refractivity contribution is 0.806. The van der Waals surface area contributed by atoms with E-state index in [2.05, 4.69) is 48.7 Å². The van der Waals surface area contributed by atoms with Crippen molar-refractivity contribution in [3.63, 3.8) is 0 Å². The van der Waals surface area contributed by atoms with E-state index in [0.29, 0.717) is 0 Å². The third-order valence-corrected chi connectivity index (χ3v) is 2.33. The first-order valence-electron chi connectivity index (χ1n) is 5.18. The molecule has 0 atom stereocenters. The Kier molecular flexibility index (Phi) is 5.02. The van der Waals surface area contributed by atoms with Gasteiger partial charge in [-0.05, 0) is 44.5 Å². The molecule has 0 radical (unpaired) electrons. The number of rotatable bonds is 5. The average Bonchev–Trinajstić information content (AvgIpc) is 2.20. The van der Waals surface area contributed by atoms with Gasteiger partial charge < -0.3 is 5.32 Å². The molecule has 0 aliphatic heterocycles. The summed E-state index contributed by atoms with van der Waals surface area (Å²) in [4.78, 5) is 0. The summed E-state index contributed by atoms with van der Waals surface area (Å²) in [6.45, 7) is 3.22. The lowest BCUT2D eigenvalue weighted by Gasteiger charge is -2.00. The van der Waals surface area contributed by atoms with E-state index in [1.165, 1.54) is 11.1 Å². The van der Waals surface area contributed by atoms with E-state index >= 15 is 0 Å². The molecule has 1 N–H and O–H groups in total. The van der Waals surface area contributed by atoms with Crippen molar-refractivity contribution in [1.82, 2.24) is 5.32 Å². The van der Waals surface area contributed by atoms with Crippen molar-refractivity contribution in [3.8, 4) is 0 Å². The van der Waals surface area contributed by atoms with Gasteiger partial charge in [0.2, 0.25) is 0 Å². The van der Waals surface area contributed by atoms with Gasteiger partial charge in [0.25, 0.3) is 0 Å². The minimum Gasteiger partial charge on any atom is -0.319 e. The number of nitrogens with one attached hydrogen (secondary N) is 1. The first kappa shape index (κ1) is 11.0. The molecular weight excluding hydrogens is 170 g/mol. The van der Waals surface area contributed by atoms with Crippen LogP contribution in [0.15, 0.2) is 36.4 Å². The molecule has 0 aliphatic rings. The fourth-order valence-corrected chi connectivity index (χ4v) is 1.39. The Morgan fingerprint density at radius 3 is 2.71 bits per heavy atom. The maximum Gasteiger partial charge on any atom is -0.00173 e. The van der Waals surface area contributed by atoms with Crippen LogP contribution >= 0.6 is 0 Å². The van der Waals surface area contributed by atoms with Crippen LogP contribution in [0.4, 0.5) is 0 Å². The quantitative estimate of drug-likeness (QED) is 0.554. The highest BCUT2D eigenvalue weighted by atomic mass is 14.8. The Labute approximate surface area is 86.8 Å². The predicted molar refractivity (Wildman–Crippen MR) is 62.6 cm³/mol. The molecule has 0 fully saturated rings. The van der Waals surface area contributed by atoms with Gasteiger partial charge >= 0.3 is 0 Å². The van der Waals surface area contributed by atoms with Crippen molar-refractivity contribution < 1.29 is 0 Å². The maximum absolute atomic E-state index is 3.13. The Morgan fingerprint density at radius 2 is 2.00 bits per heavy atom. The van der Waals surface area contributed by atoms with Crippen molar-refractivity contribution in [2.24, 2.45) is 0 Å². The summed E-state index contributed by atoms with van der Waals surface area (Å²) >= 11 is 0. The Morgan fingerprint density at radius 1 is 1.21 bits per heavy atom. The summed E-state index contributed by atoms with van der Waals surface area (Å²) < 4.78 is 0. The van der Waals surface area contributed by atoms with Gasteiger partial charge in [0, 0.05) is 0 Å². The van der Waals surface area contributed by atoms with E-state index < -0.39 is 0 Å².